The van der Waals surface area contributed by atoms with Gasteiger partial charge in [-0.3, -0.25) is 9.59 Å². The first kappa shape index (κ1) is 19.0. The third kappa shape index (κ3) is 5.04. The minimum Gasteiger partial charge on any atom is -0.326 e. The third-order valence-corrected chi connectivity index (χ3v) is 4.78. The average molecular weight is 381 g/mol. The maximum Gasteiger partial charge on any atom is 0.257 e. The van der Waals surface area contributed by atoms with Gasteiger partial charge >= 0.3 is 0 Å². The van der Waals surface area contributed by atoms with Crippen molar-refractivity contribution in [2.24, 2.45) is 0 Å². The Balaban J connectivity index is 2.25. The molecular formula is C17H17ClN2O4S. The van der Waals surface area contributed by atoms with E-state index in [1.165, 1.54) is 18.2 Å². The van der Waals surface area contributed by atoms with Gasteiger partial charge in [-0.2, -0.15) is 0 Å². The molecule has 0 fully saturated rings. The quantitative estimate of drug-likeness (QED) is 0.831. The molecule has 8 heteroatoms. The van der Waals surface area contributed by atoms with Gasteiger partial charge in [0, 0.05) is 24.1 Å². The van der Waals surface area contributed by atoms with E-state index in [2.05, 4.69) is 10.6 Å². The van der Waals surface area contributed by atoms with Gasteiger partial charge < -0.3 is 10.6 Å². The van der Waals surface area contributed by atoms with Crippen molar-refractivity contribution in [3.63, 3.8) is 0 Å². The maximum absolute atomic E-state index is 12.4. The summed E-state index contributed by atoms with van der Waals surface area (Å²) in [7, 11) is -3.46. The Hall–Kier alpha value is -2.38. The molecule has 0 saturated heterocycles. The van der Waals surface area contributed by atoms with Crippen LogP contribution in [0.25, 0.3) is 0 Å². The number of rotatable bonds is 5. The number of hydrogen-bond acceptors (Lipinski definition) is 4. The normalized spacial score (nSPS) is 11.0. The molecule has 0 heterocycles. The highest BCUT2D eigenvalue weighted by molar-refractivity contribution is 7.90. The van der Waals surface area contributed by atoms with Crippen LogP contribution in [0.15, 0.2) is 47.4 Å². The van der Waals surface area contributed by atoms with Crippen LogP contribution in [0, 0.1) is 0 Å². The molecule has 0 aliphatic heterocycles. The number of anilines is 2. The predicted octanol–water partition coefficient (Wildman–Crippen LogP) is 3.34. The lowest BCUT2D eigenvalue weighted by Gasteiger charge is -2.10. The summed E-state index contributed by atoms with van der Waals surface area (Å²) in [5.74, 6) is -0.693. The van der Waals surface area contributed by atoms with Crippen molar-refractivity contribution in [1.29, 1.82) is 0 Å². The lowest BCUT2D eigenvalue weighted by Crippen LogP contribution is -2.14. The van der Waals surface area contributed by atoms with Crippen molar-refractivity contribution in [3.8, 4) is 0 Å². The van der Waals surface area contributed by atoms with Crippen LogP contribution in [0.2, 0.25) is 5.02 Å². The van der Waals surface area contributed by atoms with E-state index in [0.29, 0.717) is 17.8 Å². The molecule has 2 aromatic carbocycles. The Morgan fingerprint density at radius 1 is 1.04 bits per heavy atom. The molecule has 2 aromatic rings. The van der Waals surface area contributed by atoms with Crippen LogP contribution in [0.1, 0.15) is 23.7 Å². The Labute approximate surface area is 151 Å². The van der Waals surface area contributed by atoms with Gasteiger partial charge in [0.25, 0.3) is 5.91 Å². The van der Waals surface area contributed by atoms with Gasteiger partial charge in [-0.25, -0.2) is 8.42 Å². The summed E-state index contributed by atoms with van der Waals surface area (Å²) in [6.45, 7) is 1.73. The molecule has 132 valence electrons. The van der Waals surface area contributed by atoms with Crippen molar-refractivity contribution in [2.75, 3.05) is 16.9 Å². The highest BCUT2D eigenvalue weighted by atomic mass is 35.5. The molecule has 25 heavy (non-hydrogen) atoms. The zero-order valence-corrected chi connectivity index (χ0v) is 15.2. The van der Waals surface area contributed by atoms with Crippen molar-refractivity contribution in [1.82, 2.24) is 0 Å². The zero-order chi connectivity index (χ0) is 18.6. The molecule has 0 spiro atoms. The van der Waals surface area contributed by atoms with Crippen molar-refractivity contribution >= 4 is 44.6 Å². The van der Waals surface area contributed by atoms with Gasteiger partial charge in [-0.15, -0.1) is 0 Å². The van der Waals surface area contributed by atoms with Crippen LogP contribution in [-0.2, 0) is 14.6 Å². The minimum atomic E-state index is -3.46. The summed E-state index contributed by atoms with van der Waals surface area (Å²) in [4.78, 5) is 23.9. The molecular weight excluding hydrogens is 364 g/mol. The fraction of sp³-hybridized carbons (Fsp3) is 0.176. The lowest BCUT2D eigenvalue weighted by molar-refractivity contribution is -0.115. The first-order valence-corrected chi connectivity index (χ1v) is 9.68. The number of amides is 2. The highest BCUT2D eigenvalue weighted by Gasteiger charge is 2.16. The van der Waals surface area contributed by atoms with E-state index in [1.807, 2.05) is 0 Å². The number of nitrogens with one attached hydrogen (secondary N) is 2. The van der Waals surface area contributed by atoms with E-state index >= 15 is 0 Å². The van der Waals surface area contributed by atoms with Gasteiger partial charge in [0.15, 0.2) is 9.84 Å². The van der Waals surface area contributed by atoms with E-state index in [0.717, 1.165) is 6.26 Å². The molecule has 2 amide bonds. The topological polar surface area (TPSA) is 92.3 Å². The molecule has 2 rings (SSSR count). The van der Waals surface area contributed by atoms with Crippen LogP contribution in [-0.4, -0.2) is 26.5 Å². The Kier molecular flexibility index (Phi) is 5.81. The molecule has 0 aliphatic rings. The van der Waals surface area contributed by atoms with E-state index in [4.69, 9.17) is 11.6 Å². The number of carbonyl (C=O) groups is 2. The Morgan fingerprint density at radius 2 is 1.68 bits per heavy atom. The minimum absolute atomic E-state index is 0.00556. The van der Waals surface area contributed by atoms with Crippen LogP contribution in [0.3, 0.4) is 0 Å². The monoisotopic (exact) mass is 380 g/mol. The number of halogens is 1. The van der Waals surface area contributed by atoms with Crippen LogP contribution >= 0.6 is 11.6 Å². The Bertz CT molecular complexity index is 926. The smallest absolute Gasteiger partial charge is 0.257 e. The average Bonchev–Trinajstić information content (AvgIpc) is 2.54. The first-order chi connectivity index (χ1) is 11.7. The molecule has 6 nitrogen and oxygen atoms in total. The molecule has 2 N–H and O–H groups in total. The van der Waals surface area contributed by atoms with Crippen molar-refractivity contribution in [2.45, 2.75) is 18.2 Å². The number of carbonyl (C=O) groups excluding carboxylic acids is 2. The van der Waals surface area contributed by atoms with Gasteiger partial charge in [0.2, 0.25) is 5.91 Å². The first-order valence-electron chi connectivity index (χ1n) is 7.41. The summed E-state index contributed by atoms with van der Waals surface area (Å²) >= 11 is 6.01. The van der Waals surface area contributed by atoms with Crippen molar-refractivity contribution in [3.05, 3.63) is 53.1 Å². The lowest BCUT2D eigenvalue weighted by atomic mass is 10.2. The molecule has 0 bridgehead atoms. The standard InChI is InChI=1S/C17H17ClN2O4S/c1-3-16(21)19-11-5-4-6-12(9-11)20-17(22)14-10-13(25(2,23)24)7-8-15(14)18/h4-10H,3H2,1-2H3,(H,19,21)(H,20,22). The summed E-state index contributed by atoms with van der Waals surface area (Å²) in [6, 6.07) is 10.6. The van der Waals surface area contributed by atoms with E-state index < -0.39 is 15.7 Å². The second kappa shape index (κ2) is 7.67. The summed E-state index contributed by atoms with van der Waals surface area (Å²) in [6.07, 6.45) is 1.39. The second-order valence-corrected chi connectivity index (χ2v) is 7.77. The molecule has 0 radical (unpaired) electrons. The number of hydrogen-bond donors (Lipinski definition) is 2. The molecule has 0 atom stereocenters. The predicted molar refractivity (Wildman–Crippen MR) is 97.9 cm³/mol. The van der Waals surface area contributed by atoms with Gasteiger partial charge in [0.05, 0.1) is 15.5 Å². The molecule has 0 unspecified atom stereocenters. The fourth-order valence-corrected chi connectivity index (χ4v) is 2.88. The second-order valence-electron chi connectivity index (χ2n) is 5.35. The third-order valence-electron chi connectivity index (χ3n) is 3.34. The molecule has 0 saturated carbocycles. The number of sulfone groups is 1. The highest BCUT2D eigenvalue weighted by Crippen LogP contribution is 2.23. The number of benzene rings is 2. The summed E-state index contributed by atoms with van der Waals surface area (Å²) in [5, 5.41) is 5.47. The fourth-order valence-electron chi connectivity index (χ4n) is 2.03. The van der Waals surface area contributed by atoms with Gasteiger partial charge in [0.1, 0.15) is 0 Å². The maximum atomic E-state index is 12.4. The van der Waals surface area contributed by atoms with E-state index in [1.54, 1.807) is 31.2 Å². The summed E-state index contributed by atoms with van der Waals surface area (Å²) < 4.78 is 23.3. The summed E-state index contributed by atoms with van der Waals surface area (Å²) in [5.41, 5.74) is 1.04. The molecule has 0 aromatic heterocycles. The van der Waals surface area contributed by atoms with Crippen molar-refractivity contribution < 1.29 is 18.0 Å². The zero-order valence-electron chi connectivity index (χ0n) is 13.7. The van der Waals surface area contributed by atoms with Crippen LogP contribution < -0.4 is 10.6 Å². The largest absolute Gasteiger partial charge is 0.326 e. The SMILES string of the molecule is CCC(=O)Nc1cccc(NC(=O)c2cc(S(C)(=O)=O)ccc2Cl)c1. The van der Waals surface area contributed by atoms with E-state index in [9.17, 15) is 18.0 Å². The van der Waals surface area contributed by atoms with Gasteiger partial charge in [-0.1, -0.05) is 24.6 Å². The Morgan fingerprint density at radius 3 is 2.28 bits per heavy atom. The van der Waals surface area contributed by atoms with E-state index in [-0.39, 0.29) is 21.4 Å². The van der Waals surface area contributed by atoms with Crippen LogP contribution in [0.5, 0.6) is 0 Å². The molecule has 0 aliphatic carbocycles. The van der Waals surface area contributed by atoms with Gasteiger partial charge in [-0.05, 0) is 36.4 Å². The van der Waals surface area contributed by atoms with Crippen LogP contribution in [0.4, 0.5) is 11.4 Å².